The lowest BCUT2D eigenvalue weighted by Gasteiger charge is -2.32. The molecule has 2 aromatic carbocycles. The van der Waals surface area contributed by atoms with Gasteiger partial charge in [-0.2, -0.15) is 0 Å². The topological polar surface area (TPSA) is 44.8 Å². The van der Waals surface area contributed by atoms with Gasteiger partial charge < -0.3 is 4.98 Å². The van der Waals surface area contributed by atoms with Gasteiger partial charge in [-0.05, 0) is 67.7 Å². The van der Waals surface area contributed by atoms with Crippen LogP contribution in [0, 0.1) is 11.6 Å². The Hall–Kier alpha value is -2.57. The van der Waals surface area contributed by atoms with Crippen LogP contribution in [0.2, 0.25) is 5.02 Å². The molecule has 148 valence electrons. The molecule has 0 unspecified atom stereocenters. The van der Waals surface area contributed by atoms with Crippen molar-refractivity contribution in [3.63, 3.8) is 0 Å². The predicted molar refractivity (Wildman–Crippen MR) is 110 cm³/mol. The van der Waals surface area contributed by atoms with Crippen LogP contribution in [0.1, 0.15) is 30.1 Å². The Morgan fingerprint density at radius 1 is 1.07 bits per heavy atom. The summed E-state index contributed by atoms with van der Waals surface area (Å²) < 4.78 is 27.4. The molecule has 1 aliphatic rings. The van der Waals surface area contributed by atoms with Gasteiger partial charge in [0.1, 0.15) is 17.5 Å². The molecule has 29 heavy (non-hydrogen) atoms. The molecule has 1 saturated heterocycles. The molecule has 0 amide bonds. The Labute approximate surface area is 171 Å². The van der Waals surface area contributed by atoms with Crippen molar-refractivity contribution in [2.24, 2.45) is 0 Å². The van der Waals surface area contributed by atoms with Crippen molar-refractivity contribution in [3.05, 3.63) is 70.6 Å². The molecule has 1 fully saturated rings. The molecule has 4 nitrogen and oxygen atoms in total. The van der Waals surface area contributed by atoms with Gasteiger partial charge in [0.15, 0.2) is 0 Å². The van der Waals surface area contributed by atoms with Gasteiger partial charge in [-0.3, -0.25) is 9.88 Å². The van der Waals surface area contributed by atoms with Gasteiger partial charge in [-0.25, -0.2) is 13.8 Å². The van der Waals surface area contributed by atoms with Gasteiger partial charge in [-0.1, -0.05) is 11.6 Å². The van der Waals surface area contributed by atoms with E-state index in [2.05, 4.69) is 19.9 Å². The lowest BCUT2D eigenvalue weighted by atomic mass is 9.87. The molecule has 7 heteroatoms. The first-order valence-electron chi connectivity index (χ1n) is 9.67. The van der Waals surface area contributed by atoms with Gasteiger partial charge in [-0.15, -0.1) is 0 Å². The van der Waals surface area contributed by atoms with E-state index < -0.39 is 5.82 Å². The molecule has 0 bridgehead atoms. The number of piperidine rings is 1. The van der Waals surface area contributed by atoms with Gasteiger partial charge in [0, 0.05) is 17.6 Å². The van der Waals surface area contributed by atoms with Crippen LogP contribution in [-0.2, 0) is 6.54 Å². The zero-order valence-corrected chi connectivity index (χ0v) is 16.4. The second-order valence-corrected chi connectivity index (χ2v) is 7.99. The zero-order chi connectivity index (χ0) is 20.0. The fourth-order valence-electron chi connectivity index (χ4n) is 4.24. The largest absolute Gasteiger partial charge is 0.341 e. The number of aromatic nitrogens is 3. The highest BCUT2D eigenvalue weighted by Gasteiger charge is 2.23. The molecule has 5 rings (SSSR count). The summed E-state index contributed by atoms with van der Waals surface area (Å²) in [6.45, 7) is 2.50. The highest BCUT2D eigenvalue weighted by molar-refractivity contribution is 6.31. The quantitative estimate of drug-likeness (QED) is 0.488. The molecule has 0 radical (unpaired) electrons. The fourth-order valence-corrected chi connectivity index (χ4v) is 4.40. The molecule has 0 saturated carbocycles. The van der Waals surface area contributed by atoms with E-state index in [0.717, 1.165) is 42.7 Å². The van der Waals surface area contributed by atoms with Crippen LogP contribution >= 0.6 is 11.6 Å². The number of hydrogen-bond acceptors (Lipinski definition) is 3. The van der Waals surface area contributed by atoms with E-state index in [1.165, 1.54) is 17.7 Å². The van der Waals surface area contributed by atoms with Gasteiger partial charge >= 0.3 is 0 Å². The van der Waals surface area contributed by atoms with Crippen LogP contribution in [0.4, 0.5) is 8.78 Å². The molecule has 4 aromatic rings. The summed E-state index contributed by atoms with van der Waals surface area (Å²) in [5.41, 5.74) is 3.33. The van der Waals surface area contributed by atoms with Crippen LogP contribution < -0.4 is 0 Å². The van der Waals surface area contributed by atoms with E-state index in [9.17, 15) is 8.78 Å². The first-order valence-corrected chi connectivity index (χ1v) is 10.0. The van der Waals surface area contributed by atoms with Crippen molar-refractivity contribution in [1.29, 1.82) is 0 Å². The standard InChI is InChI=1S/C22H19ClF2N4/c23-17-10-20-21(11-18(17)25)28-22(27-20)12-29-7-4-13(5-8-29)15-3-6-26-19-2-1-14(24)9-16(15)19/h1-3,6,9-11,13H,4-5,7-8,12H2,(H,27,28). The molecule has 1 aliphatic heterocycles. The summed E-state index contributed by atoms with van der Waals surface area (Å²) in [5.74, 6) is 0.500. The van der Waals surface area contributed by atoms with Crippen molar-refractivity contribution < 1.29 is 8.78 Å². The van der Waals surface area contributed by atoms with Crippen LogP contribution in [0.25, 0.3) is 21.9 Å². The highest BCUT2D eigenvalue weighted by atomic mass is 35.5. The Morgan fingerprint density at radius 2 is 1.90 bits per heavy atom. The number of halogens is 3. The van der Waals surface area contributed by atoms with Crippen LogP contribution in [-0.4, -0.2) is 32.9 Å². The van der Waals surface area contributed by atoms with Crippen LogP contribution in [0.3, 0.4) is 0 Å². The molecular weight excluding hydrogens is 394 g/mol. The monoisotopic (exact) mass is 412 g/mol. The van der Waals surface area contributed by atoms with E-state index in [0.29, 0.717) is 23.5 Å². The molecule has 0 spiro atoms. The molecule has 2 aromatic heterocycles. The number of fused-ring (bicyclic) bond motifs is 2. The maximum absolute atomic E-state index is 13.7. The molecule has 1 N–H and O–H groups in total. The third-order valence-corrected chi connectivity index (χ3v) is 6.00. The number of benzene rings is 2. The summed E-state index contributed by atoms with van der Waals surface area (Å²) in [7, 11) is 0. The number of imidazole rings is 1. The van der Waals surface area contributed by atoms with Crippen molar-refractivity contribution in [3.8, 4) is 0 Å². The lowest BCUT2D eigenvalue weighted by Crippen LogP contribution is -2.32. The maximum atomic E-state index is 13.7. The minimum Gasteiger partial charge on any atom is -0.341 e. The second-order valence-electron chi connectivity index (χ2n) is 7.58. The Balaban J connectivity index is 1.30. The molecule has 3 heterocycles. The Bertz CT molecular complexity index is 1160. The zero-order valence-electron chi connectivity index (χ0n) is 15.6. The maximum Gasteiger partial charge on any atom is 0.144 e. The highest BCUT2D eigenvalue weighted by Crippen LogP contribution is 2.33. The van der Waals surface area contributed by atoms with Crippen molar-refractivity contribution in [2.75, 3.05) is 13.1 Å². The van der Waals surface area contributed by atoms with Crippen molar-refractivity contribution in [2.45, 2.75) is 25.3 Å². The summed E-state index contributed by atoms with van der Waals surface area (Å²) in [6, 6.07) is 9.72. The SMILES string of the molecule is Fc1ccc2nccc(C3CCN(Cc4nc5cc(Cl)c(F)cc5[nH]4)CC3)c2c1. The van der Waals surface area contributed by atoms with Gasteiger partial charge in [0.05, 0.1) is 28.1 Å². The van der Waals surface area contributed by atoms with E-state index in [4.69, 9.17) is 11.6 Å². The average molecular weight is 413 g/mol. The van der Waals surface area contributed by atoms with Crippen LogP contribution in [0.5, 0.6) is 0 Å². The number of pyridine rings is 1. The number of aromatic amines is 1. The minimum atomic E-state index is -0.448. The fraction of sp³-hybridized carbons (Fsp3) is 0.273. The lowest BCUT2D eigenvalue weighted by molar-refractivity contribution is 0.201. The summed E-state index contributed by atoms with van der Waals surface area (Å²) in [5, 5.41) is 0.986. The molecule has 0 aliphatic carbocycles. The first kappa shape index (κ1) is 18.5. The van der Waals surface area contributed by atoms with Gasteiger partial charge in [0.2, 0.25) is 0 Å². The summed E-state index contributed by atoms with van der Waals surface area (Å²) in [4.78, 5) is 14.4. The van der Waals surface area contributed by atoms with Crippen molar-refractivity contribution in [1.82, 2.24) is 19.9 Å². The third kappa shape index (κ3) is 3.58. The number of H-pyrrole nitrogens is 1. The Morgan fingerprint density at radius 3 is 2.72 bits per heavy atom. The second kappa shape index (κ2) is 7.35. The Kier molecular flexibility index (Phi) is 4.68. The number of nitrogens with one attached hydrogen (secondary N) is 1. The molecule has 0 atom stereocenters. The van der Waals surface area contributed by atoms with Crippen molar-refractivity contribution >= 4 is 33.5 Å². The first-order chi connectivity index (χ1) is 14.1. The van der Waals surface area contributed by atoms with E-state index in [-0.39, 0.29) is 10.8 Å². The van der Waals surface area contributed by atoms with Gasteiger partial charge in [0.25, 0.3) is 0 Å². The van der Waals surface area contributed by atoms with E-state index in [1.54, 1.807) is 24.4 Å². The van der Waals surface area contributed by atoms with E-state index in [1.807, 2.05) is 6.07 Å². The summed E-state index contributed by atoms with van der Waals surface area (Å²) >= 11 is 5.85. The number of hydrogen-bond donors (Lipinski definition) is 1. The minimum absolute atomic E-state index is 0.0809. The van der Waals surface area contributed by atoms with E-state index >= 15 is 0 Å². The number of likely N-dealkylation sites (tertiary alicyclic amines) is 1. The van der Waals surface area contributed by atoms with Crippen LogP contribution in [0.15, 0.2) is 42.6 Å². The predicted octanol–water partition coefficient (Wildman–Crippen LogP) is 5.42. The molecular formula is C22H19ClF2N4. The number of nitrogens with zero attached hydrogens (tertiary/aromatic N) is 3. The average Bonchev–Trinajstić information content (AvgIpc) is 3.09. The number of rotatable bonds is 3. The summed E-state index contributed by atoms with van der Waals surface area (Å²) in [6.07, 6.45) is 3.77. The smallest absolute Gasteiger partial charge is 0.144 e. The normalized spacial score (nSPS) is 16.1. The third-order valence-electron chi connectivity index (χ3n) is 5.71.